The van der Waals surface area contributed by atoms with Crippen molar-refractivity contribution in [3.8, 4) is 0 Å². The highest BCUT2D eigenvalue weighted by atomic mass is 35.5. The minimum absolute atomic E-state index is 0.297. The van der Waals surface area contributed by atoms with Gasteiger partial charge in [-0.15, -0.1) is 11.3 Å². The van der Waals surface area contributed by atoms with Crippen molar-refractivity contribution in [1.82, 2.24) is 15.5 Å². The van der Waals surface area contributed by atoms with E-state index in [1.165, 1.54) is 11.3 Å². The second kappa shape index (κ2) is 11.6. The summed E-state index contributed by atoms with van der Waals surface area (Å²) in [6, 6.07) is 3.62. The molecule has 8 heteroatoms. The van der Waals surface area contributed by atoms with Crippen molar-refractivity contribution in [2.45, 2.75) is 13.0 Å². The summed E-state index contributed by atoms with van der Waals surface area (Å²) in [7, 11) is 3.75. The van der Waals surface area contributed by atoms with Crippen molar-refractivity contribution in [1.29, 1.82) is 0 Å². The first-order valence-corrected chi connectivity index (χ1v) is 8.89. The van der Waals surface area contributed by atoms with E-state index >= 15 is 0 Å². The van der Waals surface area contributed by atoms with E-state index in [4.69, 9.17) is 16.3 Å². The lowest BCUT2D eigenvalue weighted by molar-refractivity contribution is 0.162. The molecule has 1 heterocycles. The predicted molar refractivity (Wildman–Crippen MR) is 97.6 cm³/mol. The lowest BCUT2D eigenvalue weighted by atomic mass is 10.3. The molecule has 0 saturated heterocycles. The van der Waals surface area contributed by atoms with Crippen LogP contribution in [0.4, 0.5) is 0 Å². The number of likely N-dealkylation sites (N-methyl/N-ethyl adjacent to an activating group) is 1. The van der Waals surface area contributed by atoms with Crippen LogP contribution in [0.2, 0.25) is 4.34 Å². The molecule has 1 rings (SSSR count). The summed E-state index contributed by atoms with van der Waals surface area (Å²) < 4.78 is 5.73. The molecular weight excluding hydrogens is 336 g/mol. The number of halogens is 1. The summed E-state index contributed by atoms with van der Waals surface area (Å²) >= 11 is 7.26. The number of nitrogens with zero attached hydrogens (tertiary/aromatic N) is 2. The Labute approximate surface area is 147 Å². The largest absolute Gasteiger partial charge is 0.386 e. The van der Waals surface area contributed by atoms with Gasteiger partial charge < -0.3 is 25.4 Å². The third-order valence-corrected chi connectivity index (χ3v) is 4.48. The summed E-state index contributed by atoms with van der Waals surface area (Å²) in [5.41, 5.74) is 0. The Morgan fingerprint density at radius 1 is 1.43 bits per heavy atom. The van der Waals surface area contributed by atoms with Gasteiger partial charge in [-0.1, -0.05) is 11.6 Å². The predicted octanol–water partition coefficient (Wildman–Crippen LogP) is 1.57. The van der Waals surface area contributed by atoms with Crippen molar-refractivity contribution in [2.24, 2.45) is 4.99 Å². The molecule has 0 aliphatic carbocycles. The molecule has 1 aromatic rings. The molecule has 0 fully saturated rings. The molecule has 1 atom stereocenters. The Bertz CT molecular complexity index is 470. The SMILES string of the molecule is CCNC(=NCC(O)c1ccc(Cl)s1)NCCN(C)CCOC. The Balaban J connectivity index is 2.40. The third-order valence-electron chi connectivity index (χ3n) is 3.15. The molecule has 6 nitrogen and oxygen atoms in total. The Kier molecular flexibility index (Phi) is 10.2. The summed E-state index contributed by atoms with van der Waals surface area (Å²) in [6.07, 6.45) is -0.632. The maximum absolute atomic E-state index is 10.1. The molecule has 0 bridgehead atoms. The number of aliphatic hydroxyl groups is 1. The van der Waals surface area contributed by atoms with E-state index in [9.17, 15) is 5.11 Å². The van der Waals surface area contributed by atoms with E-state index in [2.05, 4.69) is 27.6 Å². The molecule has 0 spiro atoms. The van der Waals surface area contributed by atoms with Gasteiger partial charge in [0.15, 0.2) is 5.96 Å². The standard InChI is InChI=1S/C15H27ClN4O2S/c1-4-17-15(18-7-8-20(2)9-10-22-3)19-11-12(21)13-5-6-14(16)23-13/h5-6,12,21H,4,7-11H2,1-3H3,(H2,17,18,19). The Morgan fingerprint density at radius 2 is 2.22 bits per heavy atom. The number of hydrogen-bond acceptors (Lipinski definition) is 5. The third kappa shape index (κ3) is 8.53. The first-order chi connectivity index (χ1) is 11.1. The van der Waals surface area contributed by atoms with Crippen molar-refractivity contribution in [3.63, 3.8) is 0 Å². The number of aliphatic imine (C=N–C) groups is 1. The molecule has 3 N–H and O–H groups in total. The minimum atomic E-state index is -0.632. The first kappa shape index (κ1) is 20.2. The molecule has 0 aromatic carbocycles. The van der Waals surface area contributed by atoms with E-state index in [1.54, 1.807) is 13.2 Å². The fraction of sp³-hybridized carbons (Fsp3) is 0.667. The molecule has 0 saturated carbocycles. The van der Waals surface area contributed by atoms with E-state index < -0.39 is 6.10 Å². The zero-order valence-corrected chi connectivity index (χ0v) is 15.6. The zero-order valence-electron chi connectivity index (χ0n) is 14.0. The lowest BCUT2D eigenvalue weighted by Gasteiger charge is -2.18. The minimum Gasteiger partial charge on any atom is -0.386 e. The summed E-state index contributed by atoms with van der Waals surface area (Å²) in [4.78, 5) is 7.43. The van der Waals surface area contributed by atoms with Gasteiger partial charge in [0.2, 0.25) is 0 Å². The molecule has 0 radical (unpaired) electrons. The lowest BCUT2D eigenvalue weighted by Crippen LogP contribution is -2.41. The van der Waals surface area contributed by atoms with Crippen molar-refractivity contribution < 1.29 is 9.84 Å². The van der Waals surface area contributed by atoms with Crippen LogP contribution in [-0.4, -0.2) is 69.5 Å². The number of guanidine groups is 1. The molecule has 1 unspecified atom stereocenters. The van der Waals surface area contributed by atoms with E-state index in [0.29, 0.717) is 16.8 Å². The summed E-state index contributed by atoms with van der Waals surface area (Å²) in [5.74, 6) is 0.703. The summed E-state index contributed by atoms with van der Waals surface area (Å²) in [5, 5.41) is 16.6. The fourth-order valence-corrected chi connectivity index (χ4v) is 2.88. The van der Waals surface area contributed by atoms with Crippen LogP contribution in [-0.2, 0) is 4.74 Å². The van der Waals surface area contributed by atoms with Crippen molar-refractivity contribution in [2.75, 3.05) is 53.5 Å². The van der Waals surface area contributed by atoms with Crippen LogP contribution in [0.15, 0.2) is 17.1 Å². The highest BCUT2D eigenvalue weighted by Gasteiger charge is 2.10. The number of aliphatic hydroxyl groups excluding tert-OH is 1. The van der Waals surface area contributed by atoms with Gasteiger partial charge >= 0.3 is 0 Å². The molecule has 0 amide bonds. The topological polar surface area (TPSA) is 69.1 Å². The fourth-order valence-electron chi connectivity index (χ4n) is 1.84. The van der Waals surface area contributed by atoms with Gasteiger partial charge in [0.05, 0.1) is 17.5 Å². The second-order valence-corrected chi connectivity index (χ2v) is 6.85. The molecule has 1 aromatic heterocycles. The highest BCUT2D eigenvalue weighted by molar-refractivity contribution is 7.16. The number of rotatable bonds is 10. The zero-order chi connectivity index (χ0) is 17.1. The number of methoxy groups -OCH3 is 1. The Hall–Kier alpha value is -0.860. The van der Waals surface area contributed by atoms with Gasteiger partial charge in [-0.05, 0) is 26.1 Å². The monoisotopic (exact) mass is 362 g/mol. The molecular formula is C15H27ClN4O2S. The second-order valence-electron chi connectivity index (χ2n) is 5.10. The number of ether oxygens (including phenoxy) is 1. The van der Waals surface area contributed by atoms with Crippen molar-refractivity contribution in [3.05, 3.63) is 21.3 Å². The van der Waals surface area contributed by atoms with Crippen LogP contribution in [0.1, 0.15) is 17.9 Å². The first-order valence-electron chi connectivity index (χ1n) is 7.69. The molecule has 132 valence electrons. The van der Waals surface area contributed by atoms with Crippen LogP contribution in [0, 0.1) is 0 Å². The van der Waals surface area contributed by atoms with E-state index in [1.807, 2.05) is 13.0 Å². The summed E-state index contributed by atoms with van der Waals surface area (Å²) in [6.45, 7) is 6.35. The average molecular weight is 363 g/mol. The maximum Gasteiger partial charge on any atom is 0.191 e. The number of hydrogen-bond donors (Lipinski definition) is 3. The molecule has 0 aliphatic heterocycles. The molecule has 0 aliphatic rings. The highest BCUT2D eigenvalue weighted by Crippen LogP contribution is 2.26. The quantitative estimate of drug-likeness (QED) is 0.435. The number of nitrogens with one attached hydrogen (secondary N) is 2. The van der Waals surface area contributed by atoms with Crippen LogP contribution >= 0.6 is 22.9 Å². The van der Waals surface area contributed by atoms with E-state index in [0.717, 1.165) is 37.7 Å². The average Bonchev–Trinajstić information content (AvgIpc) is 2.96. The normalized spacial score (nSPS) is 13.4. The maximum atomic E-state index is 10.1. The van der Waals surface area contributed by atoms with Gasteiger partial charge in [0, 0.05) is 38.2 Å². The van der Waals surface area contributed by atoms with Gasteiger partial charge in [0.1, 0.15) is 6.10 Å². The van der Waals surface area contributed by atoms with Gasteiger partial charge in [-0.25, -0.2) is 0 Å². The van der Waals surface area contributed by atoms with Gasteiger partial charge in [0.25, 0.3) is 0 Å². The van der Waals surface area contributed by atoms with E-state index in [-0.39, 0.29) is 0 Å². The van der Waals surface area contributed by atoms with Gasteiger partial charge in [-0.2, -0.15) is 0 Å². The smallest absolute Gasteiger partial charge is 0.191 e. The number of thiophene rings is 1. The Morgan fingerprint density at radius 3 is 2.83 bits per heavy atom. The van der Waals surface area contributed by atoms with Crippen LogP contribution in [0.5, 0.6) is 0 Å². The molecule has 23 heavy (non-hydrogen) atoms. The van der Waals surface area contributed by atoms with Crippen LogP contribution in [0.3, 0.4) is 0 Å². The van der Waals surface area contributed by atoms with Gasteiger partial charge in [-0.3, -0.25) is 4.99 Å². The van der Waals surface area contributed by atoms with Crippen LogP contribution in [0.25, 0.3) is 0 Å². The van der Waals surface area contributed by atoms with Crippen LogP contribution < -0.4 is 10.6 Å². The van der Waals surface area contributed by atoms with Crippen molar-refractivity contribution >= 4 is 28.9 Å².